The van der Waals surface area contributed by atoms with Gasteiger partial charge in [0.05, 0.1) is 28.5 Å². The van der Waals surface area contributed by atoms with Crippen LogP contribution in [0.25, 0.3) is 20.9 Å². The molecule has 4 aromatic rings. The van der Waals surface area contributed by atoms with Crippen LogP contribution in [0.1, 0.15) is 6.04 Å². The Morgan fingerprint density at radius 1 is 1.34 bits per heavy atom. The molecule has 1 fully saturated rings. The first-order valence-electron chi connectivity index (χ1n) is 9.57. The first-order valence-corrected chi connectivity index (χ1v) is 12.6. The summed E-state index contributed by atoms with van der Waals surface area (Å²) < 4.78 is 14.4. The van der Waals surface area contributed by atoms with E-state index >= 15 is 0 Å². The van der Waals surface area contributed by atoms with Crippen molar-refractivity contribution in [3.05, 3.63) is 40.4 Å². The highest BCUT2D eigenvalue weighted by atomic mass is 35.5. The monoisotopic (exact) mass is 511 g/mol. The number of fused-ring (bicyclic) bond motifs is 1. The average molecular weight is 512 g/mol. The number of nitrogens with zero attached hydrogens (tertiary/aromatic N) is 5. The fourth-order valence-corrected chi connectivity index (χ4v) is 6.54. The Morgan fingerprint density at radius 3 is 2.97 bits per heavy atom. The highest BCUT2D eigenvalue weighted by molar-refractivity contribution is 7.99. The van der Waals surface area contributed by atoms with Crippen molar-refractivity contribution in [1.82, 2.24) is 25.0 Å². The third kappa shape index (κ3) is 4.17. The molecule has 1 aliphatic rings. The van der Waals surface area contributed by atoms with Crippen LogP contribution < -0.4 is 0 Å². The molecular formula is C19H18ClN5O4S3. The summed E-state index contributed by atoms with van der Waals surface area (Å²) >= 11 is 10.3. The van der Waals surface area contributed by atoms with Gasteiger partial charge in [-0.3, -0.25) is 0 Å². The second kappa shape index (κ2) is 9.31. The number of thiazole rings is 2. The van der Waals surface area contributed by atoms with E-state index in [1.807, 2.05) is 18.2 Å². The number of hydrogen-bond acceptors (Lipinski definition) is 11. The van der Waals surface area contributed by atoms with Gasteiger partial charge >= 0.3 is 0 Å². The van der Waals surface area contributed by atoms with Crippen LogP contribution in [0, 0.1) is 0 Å². The number of rotatable bonds is 6. The van der Waals surface area contributed by atoms with Gasteiger partial charge in [-0.2, -0.15) is 0 Å². The molecule has 168 valence electrons. The van der Waals surface area contributed by atoms with Gasteiger partial charge in [-0.05, 0) is 18.2 Å². The van der Waals surface area contributed by atoms with Crippen LogP contribution in [-0.2, 0) is 9.47 Å². The summed E-state index contributed by atoms with van der Waals surface area (Å²) in [6.07, 6.45) is -0.734. The van der Waals surface area contributed by atoms with Gasteiger partial charge in [-0.25, -0.2) is 14.6 Å². The van der Waals surface area contributed by atoms with E-state index in [1.54, 1.807) is 40.2 Å². The number of thioether (sulfide) groups is 1. The van der Waals surface area contributed by atoms with Crippen LogP contribution in [0.2, 0.25) is 5.15 Å². The number of ether oxygens (including phenoxy) is 2. The van der Waals surface area contributed by atoms with Gasteiger partial charge in [-0.15, -0.1) is 27.8 Å². The number of aliphatic hydroxyl groups is 2. The predicted molar refractivity (Wildman–Crippen MR) is 123 cm³/mol. The highest BCUT2D eigenvalue weighted by Gasteiger charge is 2.47. The van der Waals surface area contributed by atoms with Crippen molar-refractivity contribution in [1.29, 1.82) is 0 Å². The first-order chi connectivity index (χ1) is 15.6. The van der Waals surface area contributed by atoms with Crippen molar-refractivity contribution in [3.63, 3.8) is 0 Å². The van der Waals surface area contributed by atoms with E-state index < -0.39 is 29.8 Å². The third-order valence-electron chi connectivity index (χ3n) is 5.16. The molecule has 1 aliphatic heterocycles. The molecule has 1 aromatic carbocycles. The summed E-state index contributed by atoms with van der Waals surface area (Å²) in [7, 11) is 1.56. The Morgan fingerprint density at radius 2 is 2.22 bits per heavy atom. The number of aliphatic hydroxyl groups excluding tert-OH is 2. The Bertz CT molecular complexity index is 1220. The van der Waals surface area contributed by atoms with Gasteiger partial charge in [0.1, 0.15) is 45.6 Å². The van der Waals surface area contributed by atoms with Crippen molar-refractivity contribution < 1.29 is 19.7 Å². The van der Waals surface area contributed by atoms with E-state index in [1.165, 1.54) is 23.1 Å². The molecule has 0 radical (unpaired) electrons. The first kappa shape index (κ1) is 22.2. The van der Waals surface area contributed by atoms with Crippen molar-refractivity contribution >= 4 is 56.3 Å². The van der Waals surface area contributed by atoms with Crippen molar-refractivity contribution in [2.24, 2.45) is 0 Å². The predicted octanol–water partition coefficient (Wildman–Crippen LogP) is 3.09. The van der Waals surface area contributed by atoms with E-state index in [-0.39, 0.29) is 6.61 Å². The molecule has 3 aromatic heterocycles. The maximum absolute atomic E-state index is 11.0. The molecule has 9 nitrogen and oxygen atoms in total. The fourth-order valence-electron chi connectivity index (χ4n) is 3.64. The maximum Gasteiger partial charge on any atom is 0.147 e. The van der Waals surface area contributed by atoms with Gasteiger partial charge < -0.3 is 19.7 Å². The van der Waals surface area contributed by atoms with Crippen molar-refractivity contribution in [3.8, 4) is 10.7 Å². The standard InChI is InChI=1S/C19H18ClN5O4S3/c1-28-17-15(25-5-11(23-24-25)18-22-14(20)7-30-18)16(27)12(6-26)29-19(17)32-9-2-3-10-13(4-9)31-8-21-10/h2-5,7-8,12,15-17,19,26-27H,6H2,1H3/t12-,15+,16+,17-,19-/m1/s1. The summed E-state index contributed by atoms with van der Waals surface area (Å²) in [6, 6.07) is 5.34. The summed E-state index contributed by atoms with van der Waals surface area (Å²) in [6.45, 7) is -0.345. The molecule has 0 amide bonds. The molecule has 13 heteroatoms. The topological polar surface area (TPSA) is 115 Å². The minimum Gasteiger partial charge on any atom is -0.394 e. The molecule has 5 atom stereocenters. The summed E-state index contributed by atoms with van der Waals surface area (Å²) in [5.74, 6) is 0. The van der Waals surface area contributed by atoms with Gasteiger partial charge in [0.15, 0.2) is 0 Å². The van der Waals surface area contributed by atoms with Crippen LogP contribution in [0.4, 0.5) is 0 Å². The summed E-state index contributed by atoms with van der Waals surface area (Å²) in [4.78, 5) is 9.50. The molecular weight excluding hydrogens is 494 g/mol. The SMILES string of the molecule is CO[C@@H]1[C@@H](n2cc(-c3nc(Cl)cs3)nn2)[C@@H](O)[C@@H](CO)O[C@@H]1Sc1ccc2ncsc2c1. The van der Waals surface area contributed by atoms with E-state index in [2.05, 4.69) is 20.3 Å². The second-order valence-corrected chi connectivity index (χ2v) is 10.4. The fraction of sp³-hybridized carbons (Fsp3) is 0.368. The molecule has 0 unspecified atom stereocenters. The zero-order valence-electron chi connectivity index (χ0n) is 16.6. The van der Waals surface area contributed by atoms with Crippen LogP contribution in [-0.4, -0.2) is 72.6 Å². The quantitative estimate of drug-likeness (QED) is 0.403. The lowest BCUT2D eigenvalue weighted by atomic mass is 9.97. The Labute approximate surface area is 200 Å². The molecule has 0 spiro atoms. The van der Waals surface area contributed by atoms with Crippen LogP contribution in [0.5, 0.6) is 0 Å². The smallest absolute Gasteiger partial charge is 0.147 e. The molecule has 5 rings (SSSR count). The van der Waals surface area contributed by atoms with Crippen LogP contribution in [0.3, 0.4) is 0 Å². The number of benzene rings is 1. The molecule has 0 bridgehead atoms. The largest absolute Gasteiger partial charge is 0.394 e. The second-order valence-electron chi connectivity index (χ2n) is 7.07. The zero-order valence-corrected chi connectivity index (χ0v) is 19.8. The third-order valence-corrected chi connectivity index (χ3v) is 8.28. The van der Waals surface area contributed by atoms with Crippen LogP contribution >= 0.6 is 46.0 Å². The van der Waals surface area contributed by atoms with Crippen molar-refractivity contribution in [2.45, 2.75) is 34.7 Å². The average Bonchev–Trinajstić information content (AvgIpc) is 3.54. The van der Waals surface area contributed by atoms with Gasteiger partial charge in [-0.1, -0.05) is 28.6 Å². The highest BCUT2D eigenvalue weighted by Crippen LogP contribution is 2.40. The molecule has 1 saturated heterocycles. The lowest BCUT2D eigenvalue weighted by Crippen LogP contribution is -2.55. The molecule has 0 aliphatic carbocycles. The Kier molecular flexibility index (Phi) is 6.45. The number of halogens is 1. The summed E-state index contributed by atoms with van der Waals surface area (Å²) in [5, 5.41) is 31.9. The lowest BCUT2D eigenvalue weighted by molar-refractivity contribution is -0.186. The minimum atomic E-state index is -1.06. The lowest BCUT2D eigenvalue weighted by Gasteiger charge is -2.43. The molecule has 0 saturated carbocycles. The Hall–Kier alpha value is -1.64. The maximum atomic E-state index is 11.0. The number of methoxy groups -OCH3 is 1. The van der Waals surface area contributed by atoms with Crippen LogP contribution in [0.15, 0.2) is 40.2 Å². The Balaban J connectivity index is 1.45. The summed E-state index contributed by atoms with van der Waals surface area (Å²) in [5.41, 5.74) is 2.78. The molecule has 32 heavy (non-hydrogen) atoms. The normalized spacial score (nSPS) is 26.1. The van der Waals surface area contributed by atoms with Gasteiger partial charge in [0, 0.05) is 17.4 Å². The van der Waals surface area contributed by atoms with Crippen molar-refractivity contribution in [2.75, 3.05) is 13.7 Å². The van der Waals surface area contributed by atoms with E-state index in [0.717, 1.165) is 15.1 Å². The number of hydrogen-bond donors (Lipinski definition) is 2. The minimum absolute atomic E-state index is 0.345. The van der Waals surface area contributed by atoms with E-state index in [0.29, 0.717) is 15.9 Å². The van der Waals surface area contributed by atoms with E-state index in [4.69, 9.17) is 21.1 Å². The van der Waals surface area contributed by atoms with Gasteiger partial charge in [0.25, 0.3) is 0 Å². The van der Waals surface area contributed by atoms with Gasteiger partial charge in [0.2, 0.25) is 0 Å². The number of aromatic nitrogens is 5. The molecule has 4 heterocycles. The zero-order chi connectivity index (χ0) is 22.2. The molecule has 2 N–H and O–H groups in total. The van der Waals surface area contributed by atoms with E-state index in [9.17, 15) is 10.2 Å².